The van der Waals surface area contributed by atoms with Crippen LogP contribution in [0.1, 0.15) is 23.1 Å². The van der Waals surface area contributed by atoms with Crippen LogP contribution in [0.15, 0.2) is 47.7 Å². The molecule has 3 aliphatic rings. The van der Waals surface area contributed by atoms with E-state index in [0.717, 1.165) is 40.7 Å². The van der Waals surface area contributed by atoms with Crippen LogP contribution in [0.4, 0.5) is 0 Å². The number of carbonyl (C=O) groups is 1. The average Bonchev–Trinajstić information content (AvgIpc) is 3.04. The predicted molar refractivity (Wildman–Crippen MR) is 132 cm³/mol. The number of hydrogen-bond donors (Lipinski definition) is 1. The van der Waals surface area contributed by atoms with Crippen LogP contribution < -0.4 is 14.2 Å². The van der Waals surface area contributed by atoms with Gasteiger partial charge in [0, 0.05) is 29.6 Å². The van der Waals surface area contributed by atoms with Crippen molar-refractivity contribution in [2.45, 2.75) is 25.4 Å². The highest BCUT2D eigenvalue weighted by Gasteiger charge is 2.54. The molecule has 5 rings (SSSR count). The SMILES string of the molecule is COC1=C[C@@H]2C3=C([C@@H]2C1=O)[C@@H](N(C)Cc1ccccc1O)CCc1cc(OC)c(OC)c(OC)c13. The minimum absolute atomic E-state index is 0.00788. The lowest BCUT2D eigenvalue weighted by Crippen LogP contribution is -2.43. The lowest BCUT2D eigenvalue weighted by molar-refractivity contribution is -0.121. The fourth-order valence-corrected chi connectivity index (χ4v) is 6.00. The first kappa shape index (κ1) is 23.3. The van der Waals surface area contributed by atoms with E-state index in [0.29, 0.717) is 29.6 Å². The van der Waals surface area contributed by atoms with Crippen molar-refractivity contribution >= 4 is 11.4 Å². The van der Waals surface area contributed by atoms with Crippen molar-refractivity contribution in [1.29, 1.82) is 0 Å². The van der Waals surface area contributed by atoms with Gasteiger partial charge < -0.3 is 24.1 Å². The molecule has 3 aliphatic carbocycles. The summed E-state index contributed by atoms with van der Waals surface area (Å²) in [6.45, 7) is 0.560. The van der Waals surface area contributed by atoms with E-state index in [-0.39, 0.29) is 29.4 Å². The van der Waals surface area contributed by atoms with Crippen molar-refractivity contribution in [2.75, 3.05) is 35.5 Å². The Morgan fingerprint density at radius 3 is 2.43 bits per heavy atom. The molecule has 0 amide bonds. The first-order valence-corrected chi connectivity index (χ1v) is 11.8. The lowest BCUT2D eigenvalue weighted by atomic mass is 9.64. The third-order valence-electron chi connectivity index (χ3n) is 7.59. The Kier molecular flexibility index (Phi) is 5.97. The largest absolute Gasteiger partial charge is 0.508 e. The molecule has 0 bridgehead atoms. The number of ether oxygens (including phenoxy) is 4. The Hall–Kier alpha value is -3.45. The van der Waals surface area contributed by atoms with Crippen molar-refractivity contribution in [3.63, 3.8) is 0 Å². The number of para-hydroxylation sites is 1. The number of nitrogens with zero attached hydrogens (tertiary/aromatic N) is 1. The first-order chi connectivity index (χ1) is 16.9. The molecule has 35 heavy (non-hydrogen) atoms. The predicted octanol–water partition coefficient (Wildman–Crippen LogP) is 3.98. The van der Waals surface area contributed by atoms with Crippen LogP contribution in [0.25, 0.3) is 5.57 Å². The van der Waals surface area contributed by atoms with E-state index in [1.165, 1.54) is 0 Å². The number of aromatic hydroxyl groups is 1. The molecule has 184 valence electrons. The maximum Gasteiger partial charge on any atom is 0.205 e. The molecular weight excluding hydrogens is 446 g/mol. The van der Waals surface area contributed by atoms with Gasteiger partial charge in [0.25, 0.3) is 0 Å². The number of methoxy groups -OCH3 is 4. The van der Waals surface area contributed by atoms with Gasteiger partial charge in [-0.3, -0.25) is 9.69 Å². The molecular formula is C28H31NO6. The van der Waals surface area contributed by atoms with Gasteiger partial charge in [0.15, 0.2) is 17.3 Å². The van der Waals surface area contributed by atoms with Crippen molar-refractivity contribution in [1.82, 2.24) is 4.90 Å². The van der Waals surface area contributed by atoms with Gasteiger partial charge in [0.05, 0.1) is 34.4 Å². The zero-order valence-electron chi connectivity index (χ0n) is 20.8. The number of phenols is 1. The third kappa shape index (κ3) is 3.48. The summed E-state index contributed by atoms with van der Waals surface area (Å²) >= 11 is 0. The summed E-state index contributed by atoms with van der Waals surface area (Å²) in [5.74, 6) is 2.19. The molecule has 0 saturated heterocycles. The molecule has 0 saturated carbocycles. The summed E-state index contributed by atoms with van der Waals surface area (Å²) in [6, 6.07) is 9.41. The summed E-state index contributed by atoms with van der Waals surface area (Å²) in [5, 5.41) is 10.4. The van der Waals surface area contributed by atoms with Crippen molar-refractivity contribution in [2.24, 2.45) is 11.8 Å². The number of allylic oxidation sites excluding steroid dienone is 3. The second-order valence-corrected chi connectivity index (χ2v) is 9.25. The molecule has 0 fully saturated rings. The van der Waals surface area contributed by atoms with Crippen LogP contribution in [0.5, 0.6) is 23.0 Å². The van der Waals surface area contributed by atoms with Gasteiger partial charge in [0.2, 0.25) is 11.5 Å². The van der Waals surface area contributed by atoms with Crippen LogP contribution >= 0.6 is 0 Å². The fourth-order valence-electron chi connectivity index (χ4n) is 6.00. The summed E-state index contributed by atoms with van der Waals surface area (Å²) in [7, 11) is 8.46. The van der Waals surface area contributed by atoms with E-state index in [1.54, 1.807) is 34.5 Å². The maximum absolute atomic E-state index is 13.3. The molecule has 2 aromatic carbocycles. The lowest BCUT2D eigenvalue weighted by Gasteiger charge is -2.43. The fraction of sp³-hybridized carbons (Fsp3) is 0.393. The van der Waals surface area contributed by atoms with Gasteiger partial charge in [0.1, 0.15) is 5.75 Å². The summed E-state index contributed by atoms with van der Waals surface area (Å²) in [5.41, 5.74) is 5.15. The van der Waals surface area contributed by atoms with Gasteiger partial charge in [-0.05, 0) is 54.8 Å². The van der Waals surface area contributed by atoms with Crippen LogP contribution in [-0.2, 0) is 22.5 Å². The Morgan fingerprint density at radius 2 is 1.77 bits per heavy atom. The van der Waals surface area contributed by atoms with E-state index in [2.05, 4.69) is 4.90 Å². The molecule has 0 spiro atoms. The van der Waals surface area contributed by atoms with E-state index >= 15 is 0 Å². The number of likely N-dealkylation sites (N-methyl/N-ethyl adjacent to an activating group) is 1. The third-order valence-corrected chi connectivity index (χ3v) is 7.59. The Balaban J connectivity index is 1.66. The smallest absolute Gasteiger partial charge is 0.205 e. The van der Waals surface area contributed by atoms with E-state index in [9.17, 15) is 9.90 Å². The molecule has 1 N–H and O–H groups in total. The average molecular weight is 478 g/mol. The highest BCUT2D eigenvalue weighted by Crippen LogP contribution is 2.60. The Morgan fingerprint density at radius 1 is 1.03 bits per heavy atom. The normalized spacial score (nSPS) is 22.5. The van der Waals surface area contributed by atoms with E-state index < -0.39 is 0 Å². The number of carbonyl (C=O) groups excluding carboxylic acids is 1. The topological polar surface area (TPSA) is 77.5 Å². The molecule has 3 atom stereocenters. The molecule has 0 radical (unpaired) electrons. The maximum atomic E-state index is 13.3. The minimum Gasteiger partial charge on any atom is -0.508 e. The standard InChI is InChI=1S/C28H31NO6/c1-29(14-16-8-6-7-9-19(16)30)18-11-10-15-12-21(33-3)27(34-4)28(35-5)22(15)23-17-13-20(32-2)26(31)24(17)25(18)23/h6-9,12-13,17-18,24,30H,10-11,14H2,1-5H3/t17-,18+,24-/m1/s1. The quantitative estimate of drug-likeness (QED) is 0.646. The van der Waals surface area contributed by atoms with Crippen LogP contribution in [0, 0.1) is 11.8 Å². The van der Waals surface area contributed by atoms with Crippen molar-refractivity contribution in [3.8, 4) is 23.0 Å². The van der Waals surface area contributed by atoms with E-state index in [1.807, 2.05) is 37.4 Å². The van der Waals surface area contributed by atoms with Gasteiger partial charge in [-0.25, -0.2) is 0 Å². The molecule has 0 heterocycles. The van der Waals surface area contributed by atoms with Crippen LogP contribution in [-0.4, -0.2) is 57.3 Å². The zero-order valence-corrected chi connectivity index (χ0v) is 20.8. The number of aryl methyl sites for hydroxylation is 1. The summed E-state index contributed by atoms with van der Waals surface area (Å²) in [4.78, 5) is 15.5. The zero-order chi connectivity index (χ0) is 24.9. The highest BCUT2D eigenvalue weighted by molar-refractivity contribution is 6.08. The minimum atomic E-state index is -0.250. The Bertz CT molecular complexity index is 1250. The summed E-state index contributed by atoms with van der Waals surface area (Å²) < 4.78 is 22.7. The Labute approximate surface area is 205 Å². The number of ketones is 1. The molecule has 7 heteroatoms. The summed E-state index contributed by atoms with van der Waals surface area (Å²) in [6.07, 6.45) is 3.54. The van der Waals surface area contributed by atoms with Crippen molar-refractivity contribution in [3.05, 3.63) is 64.4 Å². The number of benzene rings is 2. The number of fused-ring (bicyclic) bond motifs is 5. The van der Waals surface area contributed by atoms with E-state index in [4.69, 9.17) is 18.9 Å². The second-order valence-electron chi connectivity index (χ2n) is 9.25. The number of Topliss-reactive ketones (excluding diaryl/α,β-unsaturated/α-hetero) is 1. The van der Waals surface area contributed by atoms with Gasteiger partial charge >= 0.3 is 0 Å². The second kappa shape index (κ2) is 8.96. The van der Waals surface area contributed by atoms with Gasteiger partial charge in [-0.1, -0.05) is 18.2 Å². The van der Waals surface area contributed by atoms with Crippen LogP contribution in [0.3, 0.4) is 0 Å². The number of phenolic OH excluding ortho intramolecular Hbond substituents is 1. The number of rotatable bonds is 7. The molecule has 0 aromatic heterocycles. The monoisotopic (exact) mass is 477 g/mol. The molecule has 0 aliphatic heterocycles. The number of hydrogen-bond acceptors (Lipinski definition) is 7. The first-order valence-electron chi connectivity index (χ1n) is 11.8. The van der Waals surface area contributed by atoms with Gasteiger partial charge in [-0.15, -0.1) is 0 Å². The van der Waals surface area contributed by atoms with Crippen LogP contribution in [0.2, 0.25) is 0 Å². The molecule has 0 unspecified atom stereocenters. The molecule has 2 aromatic rings. The van der Waals surface area contributed by atoms with Crippen molar-refractivity contribution < 1.29 is 28.8 Å². The highest BCUT2D eigenvalue weighted by atomic mass is 16.5. The van der Waals surface area contributed by atoms with Gasteiger partial charge in [-0.2, -0.15) is 0 Å². The molecule has 7 nitrogen and oxygen atoms in total.